The molecule has 3 atom stereocenters. The van der Waals surface area contributed by atoms with Crippen LogP contribution in [0, 0.1) is 5.92 Å². The molecule has 1 fully saturated rings. The van der Waals surface area contributed by atoms with Crippen molar-refractivity contribution in [2.75, 3.05) is 26.7 Å². The average molecular weight is 317 g/mol. The lowest BCUT2D eigenvalue weighted by Gasteiger charge is -2.40. The van der Waals surface area contributed by atoms with E-state index in [1.165, 1.54) is 0 Å². The molecule has 1 aromatic carbocycles. The van der Waals surface area contributed by atoms with Crippen molar-refractivity contribution in [3.05, 3.63) is 33.8 Å². The first-order valence-electron chi connectivity index (χ1n) is 6.99. The quantitative estimate of drug-likeness (QED) is 0.925. The number of hydrogen-bond acceptors (Lipinski definition) is 3. The highest BCUT2D eigenvalue weighted by atomic mass is 35.5. The Hall–Kier alpha value is -0.320. The van der Waals surface area contributed by atoms with E-state index in [4.69, 9.17) is 33.7 Å². The van der Waals surface area contributed by atoms with E-state index in [1.807, 2.05) is 12.1 Å². The van der Waals surface area contributed by atoms with E-state index in [9.17, 15) is 0 Å². The number of methoxy groups -OCH3 is 1. The van der Waals surface area contributed by atoms with Crippen LogP contribution in [-0.2, 0) is 4.74 Å². The molecular formula is C15H22Cl2N2O. The van der Waals surface area contributed by atoms with Gasteiger partial charge < -0.3 is 10.5 Å². The molecule has 20 heavy (non-hydrogen) atoms. The van der Waals surface area contributed by atoms with Crippen LogP contribution in [0.1, 0.15) is 24.9 Å². The van der Waals surface area contributed by atoms with Crippen molar-refractivity contribution >= 4 is 23.2 Å². The third-order valence-electron chi connectivity index (χ3n) is 4.23. The summed E-state index contributed by atoms with van der Waals surface area (Å²) in [6.07, 6.45) is 1.35. The van der Waals surface area contributed by atoms with Gasteiger partial charge in [-0.25, -0.2) is 0 Å². The third kappa shape index (κ3) is 3.29. The second-order valence-electron chi connectivity index (χ2n) is 5.43. The lowest BCUT2D eigenvalue weighted by Crippen LogP contribution is -2.47. The minimum atomic E-state index is 0.0892. The van der Waals surface area contributed by atoms with Gasteiger partial charge in [-0.15, -0.1) is 0 Å². The van der Waals surface area contributed by atoms with Crippen molar-refractivity contribution in [2.45, 2.75) is 25.5 Å². The van der Waals surface area contributed by atoms with E-state index in [0.717, 1.165) is 25.1 Å². The molecule has 3 unspecified atom stereocenters. The maximum absolute atomic E-state index is 6.34. The van der Waals surface area contributed by atoms with E-state index in [1.54, 1.807) is 13.2 Å². The van der Waals surface area contributed by atoms with Gasteiger partial charge in [-0.1, -0.05) is 42.3 Å². The number of likely N-dealkylation sites (tertiary alicyclic amines) is 1. The lowest BCUT2D eigenvalue weighted by molar-refractivity contribution is -0.0183. The Labute approximate surface area is 131 Å². The van der Waals surface area contributed by atoms with Gasteiger partial charge in [-0.05, 0) is 30.5 Å². The molecule has 0 saturated carbocycles. The molecule has 3 nitrogen and oxygen atoms in total. The zero-order valence-electron chi connectivity index (χ0n) is 12.0. The Morgan fingerprint density at radius 3 is 2.85 bits per heavy atom. The molecule has 0 spiro atoms. The van der Waals surface area contributed by atoms with Crippen LogP contribution in [0.25, 0.3) is 0 Å². The fraction of sp³-hybridized carbons (Fsp3) is 0.600. The molecule has 1 aliphatic heterocycles. The first-order valence-corrected chi connectivity index (χ1v) is 7.74. The summed E-state index contributed by atoms with van der Waals surface area (Å²) in [5.41, 5.74) is 7.00. The maximum Gasteiger partial charge on any atom is 0.0724 e. The van der Waals surface area contributed by atoms with Crippen LogP contribution < -0.4 is 5.73 Å². The number of hydrogen-bond donors (Lipinski definition) is 1. The molecule has 0 aromatic heterocycles. The lowest BCUT2D eigenvalue weighted by atomic mass is 9.93. The Morgan fingerprint density at radius 2 is 2.20 bits per heavy atom. The van der Waals surface area contributed by atoms with Crippen molar-refractivity contribution in [3.63, 3.8) is 0 Å². The summed E-state index contributed by atoms with van der Waals surface area (Å²) in [5, 5.41) is 1.19. The summed E-state index contributed by atoms with van der Waals surface area (Å²) in [6.45, 7) is 4.63. The summed E-state index contributed by atoms with van der Waals surface area (Å²) in [5.74, 6) is 0.574. The number of halogens is 2. The van der Waals surface area contributed by atoms with Crippen LogP contribution in [-0.4, -0.2) is 37.7 Å². The molecule has 0 aliphatic carbocycles. The van der Waals surface area contributed by atoms with Gasteiger partial charge in [0, 0.05) is 26.2 Å². The van der Waals surface area contributed by atoms with Gasteiger partial charge in [0.05, 0.1) is 16.1 Å². The first-order chi connectivity index (χ1) is 9.58. The first kappa shape index (κ1) is 16.1. The number of piperidine rings is 1. The summed E-state index contributed by atoms with van der Waals surface area (Å²) >= 11 is 12.5. The van der Waals surface area contributed by atoms with E-state index in [2.05, 4.69) is 11.8 Å². The van der Waals surface area contributed by atoms with Gasteiger partial charge in [0.1, 0.15) is 0 Å². The van der Waals surface area contributed by atoms with E-state index in [0.29, 0.717) is 22.5 Å². The minimum absolute atomic E-state index is 0.0892. The van der Waals surface area contributed by atoms with Crippen molar-refractivity contribution < 1.29 is 4.74 Å². The van der Waals surface area contributed by atoms with Crippen LogP contribution in [0.5, 0.6) is 0 Å². The van der Waals surface area contributed by atoms with Crippen LogP contribution in [0.2, 0.25) is 10.0 Å². The van der Waals surface area contributed by atoms with Crippen LogP contribution >= 0.6 is 23.2 Å². The van der Waals surface area contributed by atoms with Crippen LogP contribution in [0.15, 0.2) is 18.2 Å². The molecule has 112 valence electrons. The second-order valence-corrected chi connectivity index (χ2v) is 6.21. The molecule has 1 aliphatic rings. The zero-order valence-corrected chi connectivity index (χ0v) is 13.5. The predicted octanol–water partition coefficient (Wildman–Crippen LogP) is 3.35. The Bertz CT molecular complexity index is 455. The standard InChI is InChI=1S/C15H22Cl2N2O/c1-10-6-7-19(9-14(10)20-2)13(8-18)11-4-3-5-12(16)15(11)17/h3-5,10,13-14H,6-9,18H2,1-2H3. The van der Waals surface area contributed by atoms with Gasteiger partial charge in [-0.2, -0.15) is 0 Å². The van der Waals surface area contributed by atoms with Crippen LogP contribution in [0.4, 0.5) is 0 Å². The number of benzene rings is 1. The summed E-state index contributed by atoms with van der Waals surface area (Å²) in [6, 6.07) is 5.82. The summed E-state index contributed by atoms with van der Waals surface area (Å²) < 4.78 is 5.58. The Morgan fingerprint density at radius 1 is 1.45 bits per heavy atom. The minimum Gasteiger partial charge on any atom is -0.380 e. The van der Waals surface area contributed by atoms with Gasteiger partial charge >= 0.3 is 0 Å². The molecule has 2 N–H and O–H groups in total. The third-order valence-corrected chi connectivity index (χ3v) is 5.06. The SMILES string of the molecule is COC1CN(C(CN)c2cccc(Cl)c2Cl)CCC1C. The number of nitrogens with zero attached hydrogens (tertiary/aromatic N) is 1. The molecule has 1 heterocycles. The molecule has 5 heteroatoms. The highest BCUT2D eigenvalue weighted by Crippen LogP contribution is 2.34. The topological polar surface area (TPSA) is 38.5 Å². The molecule has 0 bridgehead atoms. The Balaban J connectivity index is 2.22. The Kier molecular flexibility index (Phi) is 5.70. The molecule has 1 saturated heterocycles. The van der Waals surface area contributed by atoms with Gasteiger partial charge in [-0.3, -0.25) is 4.90 Å². The zero-order chi connectivity index (χ0) is 14.7. The average Bonchev–Trinajstić information content (AvgIpc) is 2.45. The molecule has 2 rings (SSSR count). The summed E-state index contributed by atoms with van der Waals surface area (Å²) in [7, 11) is 1.77. The van der Waals surface area contributed by atoms with Crippen LogP contribution in [0.3, 0.4) is 0 Å². The largest absolute Gasteiger partial charge is 0.380 e. The van der Waals surface area contributed by atoms with Crippen molar-refractivity contribution in [3.8, 4) is 0 Å². The predicted molar refractivity (Wildman–Crippen MR) is 84.4 cm³/mol. The normalized spacial score (nSPS) is 25.6. The van der Waals surface area contributed by atoms with Crippen molar-refractivity contribution in [1.82, 2.24) is 4.90 Å². The number of ether oxygens (including phenoxy) is 1. The fourth-order valence-corrected chi connectivity index (χ4v) is 3.33. The van der Waals surface area contributed by atoms with E-state index >= 15 is 0 Å². The van der Waals surface area contributed by atoms with E-state index < -0.39 is 0 Å². The van der Waals surface area contributed by atoms with Crippen molar-refractivity contribution in [1.29, 1.82) is 0 Å². The van der Waals surface area contributed by atoms with Gasteiger partial charge in [0.25, 0.3) is 0 Å². The number of nitrogens with two attached hydrogens (primary N) is 1. The molecule has 0 radical (unpaired) electrons. The maximum atomic E-state index is 6.34. The summed E-state index contributed by atoms with van der Waals surface area (Å²) in [4.78, 5) is 2.35. The molecule has 0 amide bonds. The smallest absolute Gasteiger partial charge is 0.0724 e. The number of rotatable bonds is 4. The molecular weight excluding hydrogens is 295 g/mol. The van der Waals surface area contributed by atoms with Crippen molar-refractivity contribution in [2.24, 2.45) is 11.7 Å². The fourth-order valence-electron chi connectivity index (χ4n) is 2.90. The van der Waals surface area contributed by atoms with Gasteiger partial charge in [0.15, 0.2) is 0 Å². The van der Waals surface area contributed by atoms with E-state index in [-0.39, 0.29) is 12.1 Å². The molecule has 1 aromatic rings. The second kappa shape index (κ2) is 7.10. The van der Waals surface area contributed by atoms with Gasteiger partial charge in [0.2, 0.25) is 0 Å². The monoisotopic (exact) mass is 316 g/mol. The highest BCUT2D eigenvalue weighted by molar-refractivity contribution is 6.42. The highest BCUT2D eigenvalue weighted by Gasteiger charge is 2.31.